The highest BCUT2D eigenvalue weighted by Crippen LogP contribution is 2.46. The van der Waals surface area contributed by atoms with E-state index in [4.69, 9.17) is 9.47 Å². The van der Waals surface area contributed by atoms with Gasteiger partial charge in [0.15, 0.2) is 0 Å². The SMILES string of the molecule is Cc1ccccc1N(c1ccccc1[SiH](c1ccccc1)c1ccccc1)c1cccc2c1Oc1cc(-c3ccccc3)cc3c1B2c1ccc(-c2ccccc2)cc1O3. The van der Waals surface area contributed by atoms with Crippen LogP contribution in [0.15, 0.2) is 218 Å². The van der Waals surface area contributed by atoms with Gasteiger partial charge in [-0.05, 0) is 87.3 Å². The first-order chi connectivity index (χ1) is 29.7. The molecular formula is C55H40BNO2Si. The van der Waals surface area contributed by atoms with Gasteiger partial charge in [-0.25, -0.2) is 0 Å². The van der Waals surface area contributed by atoms with Gasteiger partial charge in [0.1, 0.15) is 31.8 Å². The molecule has 9 aromatic rings. The van der Waals surface area contributed by atoms with Crippen molar-refractivity contribution in [1.82, 2.24) is 0 Å². The van der Waals surface area contributed by atoms with Crippen molar-refractivity contribution in [1.29, 1.82) is 0 Å². The van der Waals surface area contributed by atoms with Crippen molar-refractivity contribution < 1.29 is 9.47 Å². The zero-order chi connectivity index (χ0) is 40.0. The average molecular weight is 786 g/mol. The van der Waals surface area contributed by atoms with Crippen LogP contribution >= 0.6 is 0 Å². The molecule has 2 aliphatic rings. The maximum Gasteiger partial charge on any atom is 0.260 e. The predicted octanol–water partition coefficient (Wildman–Crippen LogP) is 9.77. The summed E-state index contributed by atoms with van der Waals surface area (Å²) in [7, 11) is -1.98. The number of ether oxygens (including phenoxy) is 2. The molecule has 0 saturated carbocycles. The first-order valence-electron chi connectivity index (χ1n) is 20.7. The van der Waals surface area contributed by atoms with Crippen molar-refractivity contribution in [2.75, 3.05) is 4.90 Å². The lowest BCUT2D eigenvalue weighted by Gasteiger charge is -2.37. The van der Waals surface area contributed by atoms with E-state index >= 15 is 0 Å². The molecule has 0 amide bonds. The van der Waals surface area contributed by atoms with E-state index in [2.05, 4.69) is 230 Å². The molecule has 0 N–H and O–H groups in total. The number of rotatable bonds is 8. The summed E-state index contributed by atoms with van der Waals surface area (Å²) in [5.74, 6) is 3.35. The van der Waals surface area contributed by atoms with Crippen LogP contribution in [-0.4, -0.2) is 15.5 Å². The molecule has 0 atom stereocenters. The minimum Gasteiger partial charge on any atom is -0.458 e. The third-order valence-electron chi connectivity index (χ3n) is 12.1. The van der Waals surface area contributed by atoms with E-state index in [1.165, 1.54) is 21.1 Å². The highest BCUT2D eigenvalue weighted by atomic mass is 28.3. The third-order valence-corrected chi connectivity index (χ3v) is 15.3. The standard InChI is InChI=1S/C55H40BNO2Si/c1-38-19-14-15-29-47(38)57(48-30-16-17-32-53(48)60(43-24-10-4-11-25-43)44-26-12-5-13-27-44)49-31-18-28-46-55(49)59-52-37-42(40-22-8-3-9-23-40)36-51-54(52)56(46)45-34-33-41(35-50(45)58-51)39-20-6-2-7-21-39/h2-37,60H,1H3. The Morgan fingerprint density at radius 2 is 0.933 bits per heavy atom. The zero-order valence-corrected chi connectivity index (χ0v) is 34.4. The Morgan fingerprint density at radius 3 is 1.60 bits per heavy atom. The predicted molar refractivity (Wildman–Crippen MR) is 253 cm³/mol. The van der Waals surface area contributed by atoms with Crippen LogP contribution in [0.25, 0.3) is 22.3 Å². The monoisotopic (exact) mass is 785 g/mol. The van der Waals surface area contributed by atoms with Crippen molar-refractivity contribution in [2.45, 2.75) is 6.92 Å². The molecule has 60 heavy (non-hydrogen) atoms. The maximum absolute atomic E-state index is 7.35. The van der Waals surface area contributed by atoms with Gasteiger partial charge in [0.2, 0.25) is 0 Å². The van der Waals surface area contributed by atoms with Crippen LogP contribution < -0.4 is 46.3 Å². The molecule has 5 heteroatoms. The van der Waals surface area contributed by atoms with Gasteiger partial charge in [-0.3, -0.25) is 0 Å². The minimum absolute atomic E-state index is 0.109. The molecule has 0 unspecified atom stereocenters. The Bertz CT molecular complexity index is 2970. The van der Waals surface area contributed by atoms with E-state index < -0.39 is 8.80 Å². The molecule has 0 fully saturated rings. The molecule has 11 rings (SSSR count). The second-order valence-electron chi connectivity index (χ2n) is 15.6. The number of benzene rings is 9. The summed E-state index contributed by atoms with van der Waals surface area (Å²) in [6.07, 6.45) is 0. The van der Waals surface area contributed by atoms with Gasteiger partial charge in [-0.2, -0.15) is 0 Å². The number of hydrogen-bond acceptors (Lipinski definition) is 3. The number of nitrogens with zero attached hydrogens (tertiary/aromatic N) is 1. The second-order valence-corrected chi connectivity index (χ2v) is 18.5. The molecule has 0 radical (unpaired) electrons. The summed E-state index contributed by atoms with van der Waals surface area (Å²) in [5.41, 5.74) is 12.2. The number of anilines is 3. The van der Waals surface area contributed by atoms with Crippen LogP contribution in [0.4, 0.5) is 17.1 Å². The molecule has 284 valence electrons. The number of fused-ring (bicyclic) bond motifs is 4. The lowest BCUT2D eigenvalue weighted by Crippen LogP contribution is -2.57. The second kappa shape index (κ2) is 15.1. The van der Waals surface area contributed by atoms with Crippen molar-refractivity contribution in [3.8, 4) is 45.3 Å². The van der Waals surface area contributed by atoms with Gasteiger partial charge in [-0.15, -0.1) is 0 Å². The van der Waals surface area contributed by atoms with Crippen molar-refractivity contribution >= 4 is 64.5 Å². The largest absolute Gasteiger partial charge is 0.458 e. The Labute approximate surface area is 353 Å². The quantitative estimate of drug-likeness (QED) is 0.113. The number of hydrogen-bond donors (Lipinski definition) is 0. The molecule has 0 aliphatic carbocycles. The smallest absolute Gasteiger partial charge is 0.260 e. The van der Waals surface area contributed by atoms with Crippen LogP contribution in [0.1, 0.15) is 5.56 Å². The summed E-state index contributed by atoms with van der Waals surface area (Å²) in [4.78, 5) is 2.46. The minimum atomic E-state index is -1.98. The van der Waals surface area contributed by atoms with Gasteiger partial charge < -0.3 is 14.4 Å². The van der Waals surface area contributed by atoms with Gasteiger partial charge in [0, 0.05) is 16.8 Å². The fraction of sp³-hybridized carbons (Fsp3) is 0.0182. The summed E-state index contributed by atoms with van der Waals surface area (Å²) < 4.78 is 14.3. The molecular weight excluding hydrogens is 746 g/mol. The maximum atomic E-state index is 7.35. The zero-order valence-electron chi connectivity index (χ0n) is 33.2. The number of para-hydroxylation sites is 3. The Balaban J connectivity index is 1.15. The van der Waals surface area contributed by atoms with Crippen LogP contribution in [0, 0.1) is 6.92 Å². The lowest BCUT2D eigenvalue weighted by atomic mass is 9.34. The first-order valence-corrected chi connectivity index (χ1v) is 22.4. The molecule has 9 aromatic carbocycles. The fourth-order valence-corrected chi connectivity index (χ4v) is 12.4. The highest BCUT2D eigenvalue weighted by Gasteiger charge is 2.42. The van der Waals surface area contributed by atoms with Crippen molar-refractivity contribution in [3.05, 3.63) is 224 Å². The van der Waals surface area contributed by atoms with Crippen LogP contribution in [0.3, 0.4) is 0 Å². The van der Waals surface area contributed by atoms with E-state index in [1.54, 1.807) is 0 Å². The first kappa shape index (κ1) is 35.8. The Kier molecular flexibility index (Phi) is 9.02. The van der Waals surface area contributed by atoms with Crippen LogP contribution in [0.5, 0.6) is 23.0 Å². The summed E-state index contributed by atoms with van der Waals surface area (Å²) in [6.45, 7) is 2.10. The van der Waals surface area contributed by atoms with E-state index in [-0.39, 0.29) is 6.71 Å². The summed E-state index contributed by atoms with van der Waals surface area (Å²) in [6, 6.07) is 78.7. The molecule has 3 nitrogen and oxygen atoms in total. The van der Waals surface area contributed by atoms with Crippen LogP contribution in [0.2, 0.25) is 0 Å². The highest BCUT2D eigenvalue weighted by molar-refractivity contribution is 6.98. The van der Waals surface area contributed by atoms with E-state index in [0.29, 0.717) is 0 Å². The molecule has 0 saturated heterocycles. The Morgan fingerprint density at radius 1 is 0.400 bits per heavy atom. The molecule has 2 aliphatic heterocycles. The lowest BCUT2D eigenvalue weighted by molar-refractivity contribution is 0.465. The fourth-order valence-electron chi connectivity index (χ4n) is 9.27. The van der Waals surface area contributed by atoms with Gasteiger partial charge in [-0.1, -0.05) is 192 Å². The average Bonchev–Trinajstić information content (AvgIpc) is 3.31. The van der Waals surface area contributed by atoms with E-state index in [1.807, 2.05) is 0 Å². The number of aryl methyl sites for hydroxylation is 1. The Hall–Kier alpha value is -7.34. The van der Waals surface area contributed by atoms with E-state index in [0.717, 1.165) is 78.7 Å². The molecule has 0 bridgehead atoms. The topological polar surface area (TPSA) is 21.7 Å². The van der Waals surface area contributed by atoms with E-state index in [9.17, 15) is 0 Å². The summed E-state index contributed by atoms with van der Waals surface area (Å²) in [5, 5.41) is 4.08. The summed E-state index contributed by atoms with van der Waals surface area (Å²) >= 11 is 0. The molecule has 2 heterocycles. The van der Waals surface area contributed by atoms with Crippen molar-refractivity contribution in [3.63, 3.8) is 0 Å². The molecule has 0 spiro atoms. The third kappa shape index (κ3) is 6.23. The van der Waals surface area contributed by atoms with Gasteiger partial charge in [0.05, 0.1) is 5.69 Å². The van der Waals surface area contributed by atoms with Gasteiger partial charge in [0.25, 0.3) is 6.71 Å². The van der Waals surface area contributed by atoms with Crippen LogP contribution in [-0.2, 0) is 0 Å². The van der Waals surface area contributed by atoms with Gasteiger partial charge >= 0.3 is 0 Å². The van der Waals surface area contributed by atoms with Crippen molar-refractivity contribution in [2.24, 2.45) is 0 Å². The normalized spacial score (nSPS) is 12.1. The molecule has 0 aromatic heterocycles.